The maximum absolute atomic E-state index is 12.5. The summed E-state index contributed by atoms with van der Waals surface area (Å²) < 4.78 is 7.09. The van der Waals surface area contributed by atoms with Gasteiger partial charge in [-0.2, -0.15) is 5.10 Å². The lowest BCUT2D eigenvalue weighted by Crippen LogP contribution is -2.20. The van der Waals surface area contributed by atoms with Gasteiger partial charge in [-0.15, -0.1) is 10.2 Å². The van der Waals surface area contributed by atoms with E-state index in [4.69, 9.17) is 4.74 Å². The number of aromatic hydroxyl groups is 1. The van der Waals surface area contributed by atoms with Crippen LogP contribution in [0.25, 0.3) is 16.5 Å². The Morgan fingerprint density at radius 3 is 2.67 bits per heavy atom. The molecule has 0 aliphatic heterocycles. The molecule has 0 spiro atoms. The van der Waals surface area contributed by atoms with Gasteiger partial charge in [0, 0.05) is 22.3 Å². The van der Waals surface area contributed by atoms with Crippen molar-refractivity contribution in [3.8, 4) is 17.2 Å². The third-order valence-electron chi connectivity index (χ3n) is 5.90. The first kappa shape index (κ1) is 25.8. The molecule has 0 saturated heterocycles. The van der Waals surface area contributed by atoms with Crippen molar-refractivity contribution >= 4 is 40.3 Å². The third kappa shape index (κ3) is 6.19. The minimum Gasteiger partial charge on any atom is -0.507 e. The number of nitrogens with zero attached hydrogens (tertiary/aromatic N) is 4. The average Bonchev–Trinajstić information content (AvgIpc) is 3.39. The number of nitrogens with one attached hydrogen (secondary N) is 2. The number of benzene rings is 4. The van der Waals surface area contributed by atoms with Crippen LogP contribution in [-0.4, -0.2) is 44.9 Å². The van der Waals surface area contributed by atoms with Gasteiger partial charge < -0.3 is 15.2 Å². The first-order valence-electron chi connectivity index (χ1n) is 12.2. The van der Waals surface area contributed by atoms with Gasteiger partial charge >= 0.3 is 0 Å². The predicted molar refractivity (Wildman–Crippen MR) is 154 cm³/mol. The molecule has 0 radical (unpaired) electrons. The van der Waals surface area contributed by atoms with Crippen molar-refractivity contribution in [1.82, 2.24) is 20.2 Å². The largest absolute Gasteiger partial charge is 0.507 e. The molecule has 0 aliphatic carbocycles. The van der Waals surface area contributed by atoms with Crippen molar-refractivity contribution in [3.63, 3.8) is 0 Å². The molecule has 3 N–H and O–H groups in total. The van der Waals surface area contributed by atoms with Crippen LogP contribution in [0, 0.1) is 0 Å². The summed E-state index contributed by atoms with van der Waals surface area (Å²) in [6, 6.07) is 28.9. The van der Waals surface area contributed by atoms with E-state index in [0.29, 0.717) is 28.8 Å². The van der Waals surface area contributed by atoms with Crippen molar-refractivity contribution in [2.75, 3.05) is 18.2 Å². The third-order valence-corrected chi connectivity index (χ3v) is 6.83. The van der Waals surface area contributed by atoms with E-state index in [0.717, 1.165) is 22.1 Å². The molecule has 0 fully saturated rings. The molecule has 5 rings (SSSR count). The highest BCUT2D eigenvalue weighted by molar-refractivity contribution is 7.99. The number of phenols is 1. The van der Waals surface area contributed by atoms with Gasteiger partial charge in [0.25, 0.3) is 5.91 Å². The molecule has 5 aromatic rings. The van der Waals surface area contributed by atoms with E-state index in [9.17, 15) is 9.90 Å². The minimum atomic E-state index is -0.323. The van der Waals surface area contributed by atoms with Gasteiger partial charge in [-0.1, -0.05) is 66.4 Å². The number of para-hydroxylation sites is 1. The molecule has 39 heavy (non-hydrogen) atoms. The van der Waals surface area contributed by atoms with E-state index in [-0.39, 0.29) is 17.4 Å². The van der Waals surface area contributed by atoms with Crippen LogP contribution >= 0.6 is 11.8 Å². The zero-order valence-electron chi connectivity index (χ0n) is 21.1. The van der Waals surface area contributed by atoms with Gasteiger partial charge in [0.05, 0.1) is 25.6 Å². The monoisotopic (exact) mass is 538 g/mol. The van der Waals surface area contributed by atoms with E-state index in [2.05, 4.69) is 44.2 Å². The standard InChI is InChI=1S/C29H26N6O3S/c1-38-23-14-15-26(36)21(16-23)17-31-33-28(37)19-39-29-34-32-27(35(29)22-10-3-2-4-11-22)18-30-25-13-7-9-20-8-5-6-12-24(20)25/h2-17,30,36H,18-19H2,1H3,(H,33,37). The number of hydrogen-bond donors (Lipinski definition) is 3. The van der Waals surface area contributed by atoms with Crippen LogP contribution in [-0.2, 0) is 11.3 Å². The van der Waals surface area contributed by atoms with Crippen LogP contribution in [0.1, 0.15) is 11.4 Å². The number of hydrogen-bond acceptors (Lipinski definition) is 8. The van der Waals surface area contributed by atoms with E-state index in [1.165, 1.54) is 31.2 Å². The molecule has 0 unspecified atom stereocenters. The Labute approximate surface area is 229 Å². The molecule has 0 bridgehead atoms. The maximum atomic E-state index is 12.5. The molecular formula is C29H26N6O3S. The highest BCUT2D eigenvalue weighted by Gasteiger charge is 2.16. The van der Waals surface area contributed by atoms with Gasteiger partial charge in [-0.25, -0.2) is 5.43 Å². The number of thioether (sulfide) groups is 1. The molecular weight excluding hydrogens is 512 g/mol. The number of anilines is 1. The number of hydrazone groups is 1. The summed E-state index contributed by atoms with van der Waals surface area (Å²) in [5.41, 5.74) is 4.81. The minimum absolute atomic E-state index is 0.0313. The molecule has 10 heteroatoms. The topological polar surface area (TPSA) is 114 Å². The molecule has 9 nitrogen and oxygen atoms in total. The molecule has 196 valence electrons. The maximum Gasteiger partial charge on any atom is 0.250 e. The molecule has 0 aliphatic rings. The summed E-state index contributed by atoms with van der Waals surface area (Å²) in [7, 11) is 1.53. The van der Waals surface area contributed by atoms with Crippen molar-refractivity contribution in [1.29, 1.82) is 0 Å². The SMILES string of the molecule is COc1ccc(O)c(C=NNC(=O)CSc2nnc(CNc3cccc4ccccc34)n2-c2ccccc2)c1. The molecule has 1 amide bonds. The van der Waals surface area contributed by atoms with Gasteiger partial charge in [-0.05, 0) is 41.8 Å². The average molecular weight is 539 g/mol. The lowest BCUT2D eigenvalue weighted by Gasteiger charge is -2.12. The van der Waals surface area contributed by atoms with E-state index in [1.54, 1.807) is 12.1 Å². The van der Waals surface area contributed by atoms with E-state index in [1.807, 2.05) is 59.2 Å². The summed E-state index contributed by atoms with van der Waals surface area (Å²) in [6.07, 6.45) is 1.37. The summed E-state index contributed by atoms with van der Waals surface area (Å²) >= 11 is 1.26. The summed E-state index contributed by atoms with van der Waals surface area (Å²) in [5.74, 6) is 1.06. The normalized spacial score (nSPS) is 11.1. The molecule has 4 aromatic carbocycles. The molecule has 0 atom stereocenters. The Bertz CT molecular complexity index is 1620. The van der Waals surface area contributed by atoms with Crippen molar-refractivity contribution in [2.45, 2.75) is 11.7 Å². The van der Waals surface area contributed by atoms with Crippen LogP contribution in [0.4, 0.5) is 5.69 Å². The molecule has 0 saturated carbocycles. The Kier molecular flexibility index (Phi) is 8.03. The predicted octanol–water partition coefficient (Wildman–Crippen LogP) is 4.99. The number of carbonyl (C=O) groups excluding carboxylic acids is 1. The first-order valence-corrected chi connectivity index (χ1v) is 13.1. The fraction of sp³-hybridized carbons (Fsp3) is 0.103. The van der Waals surface area contributed by atoms with Gasteiger partial charge in [0.15, 0.2) is 11.0 Å². The molecule has 1 aromatic heterocycles. The van der Waals surface area contributed by atoms with Crippen molar-refractivity contribution in [3.05, 3.63) is 102 Å². The van der Waals surface area contributed by atoms with Crippen molar-refractivity contribution < 1.29 is 14.6 Å². The fourth-order valence-electron chi connectivity index (χ4n) is 4.00. The van der Waals surface area contributed by atoms with Gasteiger partial charge in [-0.3, -0.25) is 9.36 Å². The Hall–Kier alpha value is -4.83. The molecule has 1 heterocycles. The Morgan fingerprint density at radius 2 is 1.82 bits per heavy atom. The zero-order chi connectivity index (χ0) is 27.0. The number of ether oxygens (including phenoxy) is 1. The number of phenolic OH excluding ortho intramolecular Hbond substituents is 1. The number of methoxy groups -OCH3 is 1. The summed E-state index contributed by atoms with van der Waals surface area (Å²) in [5, 5.41) is 29.1. The van der Waals surface area contributed by atoms with Crippen molar-refractivity contribution in [2.24, 2.45) is 5.10 Å². The highest BCUT2D eigenvalue weighted by atomic mass is 32.2. The Morgan fingerprint density at radius 1 is 1.03 bits per heavy atom. The van der Waals surface area contributed by atoms with Crippen LogP contribution in [0.15, 0.2) is 101 Å². The smallest absolute Gasteiger partial charge is 0.250 e. The summed E-state index contributed by atoms with van der Waals surface area (Å²) in [4.78, 5) is 12.5. The Balaban J connectivity index is 1.28. The van der Waals surface area contributed by atoms with Crippen LogP contribution in [0.2, 0.25) is 0 Å². The number of rotatable bonds is 10. The number of aromatic nitrogens is 3. The number of carbonyl (C=O) groups is 1. The zero-order valence-corrected chi connectivity index (χ0v) is 21.9. The van der Waals surface area contributed by atoms with Gasteiger partial charge in [0.1, 0.15) is 11.5 Å². The fourth-order valence-corrected chi connectivity index (χ4v) is 4.76. The second-order valence-corrected chi connectivity index (χ2v) is 9.40. The lowest BCUT2D eigenvalue weighted by molar-refractivity contribution is -0.118. The van der Waals surface area contributed by atoms with E-state index < -0.39 is 0 Å². The quantitative estimate of drug-likeness (QED) is 0.130. The lowest BCUT2D eigenvalue weighted by atomic mass is 10.1. The second kappa shape index (κ2) is 12.1. The van der Waals surface area contributed by atoms with E-state index >= 15 is 0 Å². The number of fused-ring (bicyclic) bond motifs is 1. The van der Waals surface area contributed by atoms with Crippen LogP contribution < -0.4 is 15.5 Å². The first-order chi connectivity index (χ1) is 19.1. The van der Waals surface area contributed by atoms with Crippen LogP contribution in [0.3, 0.4) is 0 Å². The number of amides is 1. The van der Waals surface area contributed by atoms with Gasteiger partial charge in [0.2, 0.25) is 0 Å². The highest BCUT2D eigenvalue weighted by Crippen LogP contribution is 2.26. The van der Waals surface area contributed by atoms with Crippen LogP contribution in [0.5, 0.6) is 11.5 Å². The second-order valence-electron chi connectivity index (χ2n) is 8.46. The summed E-state index contributed by atoms with van der Waals surface area (Å²) in [6.45, 7) is 0.441.